The monoisotopic (exact) mass is 351 g/mol. The highest BCUT2D eigenvalue weighted by molar-refractivity contribution is 6.35. The van der Waals surface area contributed by atoms with E-state index in [2.05, 4.69) is 9.97 Å². The molecule has 0 spiro atoms. The van der Waals surface area contributed by atoms with Crippen molar-refractivity contribution in [3.63, 3.8) is 0 Å². The third kappa shape index (κ3) is 2.95. The van der Waals surface area contributed by atoms with Crippen LogP contribution in [0.3, 0.4) is 0 Å². The predicted octanol–water partition coefficient (Wildman–Crippen LogP) is 4.82. The minimum atomic E-state index is -4.58. The van der Waals surface area contributed by atoms with Gasteiger partial charge in [0.15, 0.2) is 0 Å². The van der Waals surface area contributed by atoms with E-state index in [4.69, 9.17) is 17.3 Å². The van der Waals surface area contributed by atoms with E-state index in [-0.39, 0.29) is 11.3 Å². The molecule has 3 aromatic rings. The number of alkyl halides is 3. The molecule has 2 aromatic heterocycles. The molecule has 2 N–H and O–H groups in total. The summed E-state index contributed by atoms with van der Waals surface area (Å²) in [5.74, 6) is 0. The van der Waals surface area contributed by atoms with E-state index in [1.807, 2.05) is 0 Å². The molecular weight excluding hydrogens is 339 g/mol. The van der Waals surface area contributed by atoms with Crippen molar-refractivity contribution in [2.75, 3.05) is 0 Å². The Bertz CT molecular complexity index is 909. The van der Waals surface area contributed by atoms with Gasteiger partial charge in [0, 0.05) is 28.4 Å². The Morgan fingerprint density at radius 1 is 1.17 bits per heavy atom. The number of para-hydroxylation sites is 1. The number of halogens is 4. The smallest absolute Gasteiger partial charge is 0.316 e. The number of nitrogens with zero attached hydrogens (tertiary/aromatic N) is 2. The normalized spacial score (nSPS) is 13.2. The van der Waals surface area contributed by atoms with Gasteiger partial charge in [-0.05, 0) is 31.2 Å². The van der Waals surface area contributed by atoms with Gasteiger partial charge in [0.1, 0.15) is 6.04 Å². The van der Waals surface area contributed by atoms with Crippen molar-refractivity contribution >= 4 is 22.5 Å². The van der Waals surface area contributed by atoms with Crippen molar-refractivity contribution < 1.29 is 13.2 Å². The van der Waals surface area contributed by atoms with Crippen LogP contribution < -0.4 is 5.73 Å². The summed E-state index contributed by atoms with van der Waals surface area (Å²) in [6.45, 7) is 1.71. The van der Waals surface area contributed by atoms with Crippen LogP contribution >= 0.6 is 11.6 Å². The average molecular weight is 352 g/mol. The number of hydrogen-bond donors (Lipinski definition) is 1. The van der Waals surface area contributed by atoms with E-state index in [0.717, 1.165) is 0 Å². The summed E-state index contributed by atoms with van der Waals surface area (Å²) in [4.78, 5) is 8.51. The highest BCUT2D eigenvalue weighted by Gasteiger charge is 2.39. The minimum Gasteiger partial charge on any atom is -0.316 e. The largest absolute Gasteiger partial charge is 0.407 e. The zero-order valence-electron chi connectivity index (χ0n) is 12.6. The van der Waals surface area contributed by atoms with Gasteiger partial charge in [-0.2, -0.15) is 13.2 Å². The third-order valence-electron chi connectivity index (χ3n) is 3.78. The fourth-order valence-electron chi connectivity index (χ4n) is 2.54. The summed E-state index contributed by atoms with van der Waals surface area (Å²) < 4.78 is 39.6. The summed E-state index contributed by atoms with van der Waals surface area (Å²) >= 11 is 6.15. The fourth-order valence-corrected chi connectivity index (χ4v) is 2.77. The first-order valence-corrected chi connectivity index (χ1v) is 7.50. The van der Waals surface area contributed by atoms with Gasteiger partial charge in [0.25, 0.3) is 0 Å². The maximum absolute atomic E-state index is 13.2. The van der Waals surface area contributed by atoms with Crippen molar-refractivity contribution in [3.05, 3.63) is 58.9 Å². The second kappa shape index (κ2) is 6.03. The lowest BCUT2D eigenvalue weighted by Gasteiger charge is -2.20. The maximum Gasteiger partial charge on any atom is 0.407 e. The Hall–Kier alpha value is -2.18. The molecule has 0 aliphatic rings. The van der Waals surface area contributed by atoms with Gasteiger partial charge in [-0.25, -0.2) is 4.98 Å². The molecule has 0 bridgehead atoms. The molecule has 0 radical (unpaired) electrons. The first kappa shape index (κ1) is 16.7. The van der Waals surface area contributed by atoms with Gasteiger partial charge in [-0.15, -0.1) is 0 Å². The fraction of sp³-hybridized carbons (Fsp3) is 0.176. The third-order valence-corrected chi connectivity index (χ3v) is 4.08. The second-order valence-electron chi connectivity index (χ2n) is 5.39. The van der Waals surface area contributed by atoms with Gasteiger partial charge in [-0.3, -0.25) is 4.98 Å². The van der Waals surface area contributed by atoms with Crippen LogP contribution in [0.1, 0.15) is 17.3 Å². The molecule has 0 amide bonds. The summed E-state index contributed by atoms with van der Waals surface area (Å²) in [6, 6.07) is 7.51. The van der Waals surface area contributed by atoms with Crippen LogP contribution in [0, 0.1) is 6.92 Å². The lowest BCUT2D eigenvalue weighted by atomic mass is 9.97. The standard InChI is InChI=1S/C17H13ClF3N3/c1-9-11(5-3-7-23-9)15-12(16(22)17(19,20)21)8-10-4-2-6-13(18)14(10)24-15/h2-8,16H,22H2,1H3/t16-/m1/s1. The molecule has 124 valence electrons. The van der Waals surface area contributed by atoms with Gasteiger partial charge < -0.3 is 5.73 Å². The van der Waals surface area contributed by atoms with Crippen molar-refractivity contribution in [2.45, 2.75) is 19.1 Å². The molecule has 24 heavy (non-hydrogen) atoms. The summed E-state index contributed by atoms with van der Waals surface area (Å²) in [6.07, 6.45) is -3.02. The van der Waals surface area contributed by atoms with Crippen molar-refractivity contribution in [3.8, 4) is 11.3 Å². The minimum absolute atomic E-state index is 0.103. The predicted molar refractivity (Wildman–Crippen MR) is 87.7 cm³/mol. The quantitative estimate of drug-likeness (QED) is 0.720. The molecule has 2 heterocycles. The summed E-state index contributed by atoms with van der Waals surface area (Å²) in [7, 11) is 0. The zero-order chi connectivity index (χ0) is 17.5. The van der Waals surface area contributed by atoms with Crippen LogP contribution in [0.15, 0.2) is 42.6 Å². The topological polar surface area (TPSA) is 51.8 Å². The van der Waals surface area contributed by atoms with Crippen LogP contribution in [-0.2, 0) is 0 Å². The number of benzene rings is 1. The van der Waals surface area contributed by atoms with Crippen LogP contribution in [0.4, 0.5) is 13.2 Å². The van der Waals surface area contributed by atoms with Gasteiger partial charge >= 0.3 is 6.18 Å². The average Bonchev–Trinajstić information content (AvgIpc) is 2.53. The second-order valence-corrected chi connectivity index (χ2v) is 5.80. The Labute approximate surface area is 141 Å². The molecule has 0 saturated carbocycles. The lowest BCUT2D eigenvalue weighted by molar-refractivity contribution is -0.149. The van der Waals surface area contributed by atoms with Crippen LogP contribution in [-0.4, -0.2) is 16.1 Å². The Morgan fingerprint density at radius 2 is 1.92 bits per heavy atom. The highest BCUT2D eigenvalue weighted by Crippen LogP contribution is 2.38. The molecule has 1 aromatic carbocycles. The summed E-state index contributed by atoms with van der Waals surface area (Å²) in [5.41, 5.74) is 7.00. The Morgan fingerprint density at radius 3 is 2.58 bits per heavy atom. The molecule has 7 heteroatoms. The lowest BCUT2D eigenvalue weighted by Crippen LogP contribution is -2.29. The number of fused-ring (bicyclic) bond motifs is 1. The van der Waals surface area contributed by atoms with Crippen molar-refractivity contribution in [2.24, 2.45) is 5.73 Å². The molecule has 0 aliphatic heterocycles. The number of nitrogens with two attached hydrogens (primary N) is 1. The molecule has 0 unspecified atom stereocenters. The maximum atomic E-state index is 13.2. The molecular formula is C17H13ClF3N3. The molecule has 0 aliphatic carbocycles. The molecule has 3 nitrogen and oxygen atoms in total. The number of hydrogen-bond acceptors (Lipinski definition) is 3. The van der Waals surface area contributed by atoms with Crippen LogP contribution in [0.5, 0.6) is 0 Å². The molecule has 0 saturated heterocycles. The number of rotatable bonds is 2. The van der Waals surface area contributed by atoms with E-state index in [1.54, 1.807) is 43.5 Å². The van der Waals surface area contributed by atoms with Gasteiger partial charge in [0.05, 0.1) is 16.2 Å². The molecule has 0 fully saturated rings. The highest BCUT2D eigenvalue weighted by atomic mass is 35.5. The molecule has 1 atom stereocenters. The Balaban J connectivity index is 2.36. The SMILES string of the molecule is Cc1ncccc1-c1nc2c(Cl)cccc2cc1[C@@H](N)C(F)(F)F. The number of aromatic nitrogens is 2. The van der Waals surface area contributed by atoms with E-state index in [0.29, 0.717) is 27.2 Å². The van der Waals surface area contributed by atoms with Crippen molar-refractivity contribution in [1.29, 1.82) is 0 Å². The number of aryl methyl sites for hydroxylation is 1. The van der Waals surface area contributed by atoms with E-state index < -0.39 is 12.2 Å². The van der Waals surface area contributed by atoms with Crippen LogP contribution in [0.2, 0.25) is 5.02 Å². The zero-order valence-corrected chi connectivity index (χ0v) is 13.4. The van der Waals surface area contributed by atoms with E-state index in [1.165, 1.54) is 6.07 Å². The van der Waals surface area contributed by atoms with Crippen molar-refractivity contribution in [1.82, 2.24) is 9.97 Å². The first-order chi connectivity index (χ1) is 11.3. The van der Waals surface area contributed by atoms with E-state index >= 15 is 0 Å². The van der Waals surface area contributed by atoms with Crippen LogP contribution in [0.25, 0.3) is 22.2 Å². The van der Waals surface area contributed by atoms with Gasteiger partial charge in [-0.1, -0.05) is 23.7 Å². The van der Waals surface area contributed by atoms with E-state index in [9.17, 15) is 13.2 Å². The van der Waals surface area contributed by atoms with Gasteiger partial charge in [0.2, 0.25) is 0 Å². The number of pyridine rings is 2. The summed E-state index contributed by atoms with van der Waals surface area (Å²) in [5, 5.41) is 0.866. The first-order valence-electron chi connectivity index (χ1n) is 7.12. The Kier molecular flexibility index (Phi) is 4.19. The molecule has 3 rings (SSSR count).